The molecule has 1 saturated heterocycles. The number of aliphatic hydroxyl groups is 1. The second kappa shape index (κ2) is 9.06. The van der Waals surface area contributed by atoms with Crippen molar-refractivity contribution in [2.45, 2.75) is 83.0 Å². The van der Waals surface area contributed by atoms with E-state index in [1.54, 1.807) is 0 Å². The number of carbonyl (C=O) groups is 1. The summed E-state index contributed by atoms with van der Waals surface area (Å²) in [4.78, 5) is 24.2. The van der Waals surface area contributed by atoms with Gasteiger partial charge >= 0.3 is 6.03 Å². The van der Waals surface area contributed by atoms with Crippen molar-refractivity contribution >= 4 is 12.0 Å². The van der Waals surface area contributed by atoms with E-state index in [0.29, 0.717) is 24.5 Å². The second-order valence-electron chi connectivity index (χ2n) is 9.37. The monoisotopic (exact) mass is 417 g/mol. The van der Waals surface area contributed by atoms with Crippen LogP contribution in [0, 0.1) is 5.92 Å². The fraction of sp³-hybridized carbons (Fsp3) is 0.773. The molecular formula is C22H35N5O3. The molecule has 3 aliphatic rings. The van der Waals surface area contributed by atoms with E-state index in [9.17, 15) is 9.90 Å². The Labute approximate surface area is 178 Å². The highest BCUT2D eigenvalue weighted by Crippen LogP contribution is 2.38. The molecule has 1 aliphatic carbocycles. The number of amides is 2. The lowest BCUT2D eigenvalue weighted by atomic mass is 9.84. The van der Waals surface area contributed by atoms with Gasteiger partial charge in [0.25, 0.3) is 0 Å². The van der Waals surface area contributed by atoms with Crippen LogP contribution in [-0.2, 0) is 16.8 Å². The molecule has 1 saturated carbocycles. The molecule has 3 N–H and O–H groups in total. The molecule has 2 amide bonds. The quantitative estimate of drug-likeness (QED) is 0.681. The fourth-order valence-corrected chi connectivity index (χ4v) is 5.05. The van der Waals surface area contributed by atoms with Crippen molar-refractivity contribution in [2.75, 3.05) is 25.1 Å². The zero-order valence-electron chi connectivity index (χ0n) is 18.2. The molecule has 30 heavy (non-hydrogen) atoms. The van der Waals surface area contributed by atoms with Crippen molar-refractivity contribution in [2.24, 2.45) is 5.92 Å². The van der Waals surface area contributed by atoms with Gasteiger partial charge in [0.1, 0.15) is 0 Å². The minimum Gasteiger partial charge on any atom is -0.394 e. The highest BCUT2D eigenvalue weighted by molar-refractivity contribution is 5.76. The second-order valence-corrected chi connectivity index (χ2v) is 9.37. The molecule has 0 aromatic carbocycles. The smallest absolute Gasteiger partial charge is 0.318 e. The summed E-state index contributed by atoms with van der Waals surface area (Å²) in [7, 11) is 0. The summed E-state index contributed by atoms with van der Waals surface area (Å²) in [6.07, 6.45) is 9.49. The number of urea groups is 1. The van der Waals surface area contributed by atoms with Crippen LogP contribution in [0.15, 0.2) is 6.20 Å². The van der Waals surface area contributed by atoms with Crippen LogP contribution < -0.4 is 10.6 Å². The predicted molar refractivity (Wildman–Crippen MR) is 114 cm³/mol. The van der Waals surface area contributed by atoms with Crippen LogP contribution in [0.4, 0.5) is 10.7 Å². The Hall–Kier alpha value is -1.93. The van der Waals surface area contributed by atoms with Gasteiger partial charge in [0.15, 0.2) is 0 Å². The van der Waals surface area contributed by atoms with Crippen LogP contribution >= 0.6 is 0 Å². The summed E-state index contributed by atoms with van der Waals surface area (Å²) in [5.41, 5.74) is 1.37. The first-order chi connectivity index (χ1) is 14.5. The van der Waals surface area contributed by atoms with E-state index in [-0.39, 0.29) is 18.7 Å². The Morgan fingerprint density at radius 1 is 1.27 bits per heavy atom. The molecule has 0 unspecified atom stereocenters. The molecule has 8 heteroatoms. The van der Waals surface area contributed by atoms with Crippen LogP contribution in [0.1, 0.15) is 70.1 Å². The number of anilines is 1. The maximum atomic E-state index is 13.2. The number of aliphatic hydroxyl groups excluding tert-OH is 1. The molecular weight excluding hydrogens is 382 g/mol. The molecule has 0 bridgehead atoms. The molecule has 1 aromatic rings. The van der Waals surface area contributed by atoms with Crippen LogP contribution in [-0.4, -0.2) is 57.9 Å². The Bertz CT molecular complexity index is 744. The molecule has 1 atom stereocenters. The van der Waals surface area contributed by atoms with Gasteiger partial charge in [-0.2, -0.15) is 0 Å². The Morgan fingerprint density at radius 2 is 2.00 bits per heavy atom. The number of nitrogens with zero attached hydrogens (tertiary/aromatic N) is 3. The number of hydrogen-bond donors (Lipinski definition) is 3. The lowest BCUT2D eigenvalue weighted by molar-refractivity contribution is 0.0903. The van der Waals surface area contributed by atoms with E-state index in [4.69, 9.17) is 9.72 Å². The molecule has 166 valence electrons. The average Bonchev–Trinajstić information content (AvgIpc) is 3.03. The van der Waals surface area contributed by atoms with Crippen molar-refractivity contribution in [3.63, 3.8) is 0 Å². The normalized spacial score (nSPS) is 23.1. The summed E-state index contributed by atoms with van der Waals surface area (Å²) in [5.74, 6) is 0.977. The fourth-order valence-electron chi connectivity index (χ4n) is 5.05. The Balaban J connectivity index is 1.44. The highest BCUT2D eigenvalue weighted by Gasteiger charge is 2.42. The largest absolute Gasteiger partial charge is 0.394 e. The van der Waals surface area contributed by atoms with Gasteiger partial charge in [-0.3, -0.25) is 0 Å². The van der Waals surface area contributed by atoms with Gasteiger partial charge in [-0.1, -0.05) is 19.3 Å². The lowest BCUT2D eigenvalue weighted by Gasteiger charge is -2.35. The zero-order valence-corrected chi connectivity index (χ0v) is 18.2. The maximum absolute atomic E-state index is 13.2. The minimum atomic E-state index is -0.497. The molecule has 3 heterocycles. The number of carbonyl (C=O) groups excluding carboxylic acids is 1. The summed E-state index contributed by atoms with van der Waals surface area (Å²) >= 11 is 0. The van der Waals surface area contributed by atoms with E-state index in [1.807, 2.05) is 24.9 Å². The van der Waals surface area contributed by atoms with E-state index < -0.39 is 5.54 Å². The van der Waals surface area contributed by atoms with E-state index >= 15 is 0 Å². The molecule has 1 aromatic heterocycles. The first-order valence-electron chi connectivity index (χ1n) is 11.4. The van der Waals surface area contributed by atoms with Crippen molar-refractivity contribution in [1.29, 1.82) is 0 Å². The molecule has 0 spiro atoms. The zero-order chi connectivity index (χ0) is 21.1. The molecule has 4 rings (SSSR count). The number of nitrogens with one attached hydrogen (secondary N) is 2. The van der Waals surface area contributed by atoms with Gasteiger partial charge in [0, 0.05) is 31.0 Å². The first-order valence-corrected chi connectivity index (χ1v) is 11.4. The average molecular weight is 418 g/mol. The van der Waals surface area contributed by atoms with Gasteiger partial charge in [-0.25, -0.2) is 14.8 Å². The standard InChI is InChI=1S/C22H35N5O3/c1-22(2)17-12-23-20(24-16-8-10-30-11-9-16)25-18(17)13-27(22)21(29)26-19(14-28)15-6-4-3-5-7-15/h12,15-16,19,28H,3-11,13-14H2,1-2H3,(H,26,29)(H,23,24,25)/t19-/m1/s1. The van der Waals surface area contributed by atoms with Crippen LogP contribution in [0.2, 0.25) is 0 Å². The van der Waals surface area contributed by atoms with Crippen LogP contribution in [0.25, 0.3) is 0 Å². The Morgan fingerprint density at radius 3 is 2.70 bits per heavy atom. The van der Waals surface area contributed by atoms with Gasteiger partial charge in [0.05, 0.1) is 30.4 Å². The van der Waals surface area contributed by atoms with Crippen LogP contribution in [0.3, 0.4) is 0 Å². The highest BCUT2D eigenvalue weighted by atomic mass is 16.5. The SMILES string of the molecule is CC1(C)c2cnc(NC3CCOCC3)nc2CN1C(=O)N[C@H](CO)C1CCCCC1. The number of rotatable bonds is 5. The topological polar surface area (TPSA) is 99.6 Å². The summed E-state index contributed by atoms with van der Waals surface area (Å²) in [5, 5.41) is 16.4. The third-order valence-electron chi connectivity index (χ3n) is 7.03. The molecule has 8 nitrogen and oxygen atoms in total. The third kappa shape index (κ3) is 4.39. The number of aromatic nitrogens is 2. The van der Waals surface area contributed by atoms with E-state index in [0.717, 1.165) is 50.2 Å². The van der Waals surface area contributed by atoms with E-state index in [2.05, 4.69) is 15.6 Å². The van der Waals surface area contributed by atoms with Crippen LogP contribution in [0.5, 0.6) is 0 Å². The van der Waals surface area contributed by atoms with Crippen molar-refractivity contribution in [3.05, 3.63) is 17.5 Å². The third-order valence-corrected chi connectivity index (χ3v) is 7.03. The van der Waals surface area contributed by atoms with Gasteiger partial charge < -0.3 is 25.4 Å². The van der Waals surface area contributed by atoms with Gasteiger partial charge in [-0.15, -0.1) is 0 Å². The maximum Gasteiger partial charge on any atom is 0.318 e. The van der Waals surface area contributed by atoms with Gasteiger partial charge in [0.2, 0.25) is 5.95 Å². The van der Waals surface area contributed by atoms with Gasteiger partial charge in [-0.05, 0) is 45.4 Å². The molecule has 0 radical (unpaired) electrons. The first kappa shape index (κ1) is 21.3. The van der Waals surface area contributed by atoms with Crippen molar-refractivity contribution < 1.29 is 14.6 Å². The summed E-state index contributed by atoms with van der Waals surface area (Å²) in [6, 6.07) is 0.00197. The molecule has 2 fully saturated rings. The summed E-state index contributed by atoms with van der Waals surface area (Å²) < 4.78 is 5.41. The van der Waals surface area contributed by atoms with Crippen molar-refractivity contribution in [3.8, 4) is 0 Å². The Kier molecular flexibility index (Phi) is 6.43. The number of ether oxygens (including phenoxy) is 1. The molecule has 2 aliphatic heterocycles. The summed E-state index contributed by atoms with van der Waals surface area (Å²) in [6.45, 7) is 6.01. The van der Waals surface area contributed by atoms with E-state index in [1.165, 1.54) is 19.3 Å². The minimum absolute atomic E-state index is 0.0173. The number of hydrogen-bond acceptors (Lipinski definition) is 6. The van der Waals surface area contributed by atoms with Crippen molar-refractivity contribution in [1.82, 2.24) is 20.2 Å². The lowest BCUT2D eigenvalue weighted by Crippen LogP contribution is -2.52. The number of fused-ring (bicyclic) bond motifs is 1. The predicted octanol–water partition coefficient (Wildman–Crippen LogP) is 2.77.